The summed E-state index contributed by atoms with van der Waals surface area (Å²) < 4.78 is 0. The van der Waals surface area contributed by atoms with E-state index in [-0.39, 0.29) is 0 Å². The number of rotatable bonds is 7. The van der Waals surface area contributed by atoms with E-state index in [0.717, 1.165) is 39.1 Å². The summed E-state index contributed by atoms with van der Waals surface area (Å²) in [4.78, 5) is 2.42. The van der Waals surface area contributed by atoms with Crippen molar-refractivity contribution in [2.24, 2.45) is 5.41 Å². The van der Waals surface area contributed by atoms with Gasteiger partial charge < -0.3 is 10.4 Å². The monoisotopic (exact) mass is 242 g/mol. The highest BCUT2D eigenvalue weighted by Gasteiger charge is 2.35. The Kier molecular flexibility index (Phi) is 5.42. The maximum Gasteiger partial charge on any atom is 0.0758 e. The number of nitrogens with zero attached hydrogens (tertiary/aromatic N) is 1. The molecule has 2 unspecified atom stereocenters. The number of aliphatic hydroxyl groups is 1. The first kappa shape index (κ1) is 14.9. The summed E-state index contributed by atoms with van der Waals surface area (Å²) in [5, 5.41) is 13.5. The van der Waals surface area contributed by atoms with E-state index in [2.05, 4.69) is 31.0 Å². The summed E-state index contributed by atoms with van der Waals surface area (Å²) in [6.45, 7) is 13.8. The van der Waals surface area contributed by atoms with Gasteiger partial charge in [0.1, 0.15) is 0 Å². The lowest BCUT2D eigenvalue weighted by Crippen LogP contribution is -2.42. The molecule has 0 aromatic carbocycles. The fourth-order valence-electron chi connectivity index (χ4n) is 2.97. The van der Waals surface area contributed by atoms with E-state index in [1.54, 1.807) is 0 Å². The minimum absolute atomic E-state index is 0.338. The zero-order valence-corrected chi connectivity index (χ0v) is 12.1. The number of β-amino-alcohol motifs (C(OH)–C–C–N with tert-alkyl or cyclic N) is 1. The van der Waals surface area contributed by atoms with Crippen molar-refractivity contribution < 1.29 is 5.11 Å². The van der Waals surface area contributed by atoms with E-state index < -0.39 is 5.60 Å². The van der Waals surface area contributed by atoms with Gasteiger partial charge in [0.05, 0.1) is 5.60 Å². The molecule has 0 aliphatic carbocycles. The van der Waals surface area contributed by atoms with Crippen LogP contribution in [0.25, 0.3) is 0 Å². The second-order valence-corrected chi connectivity index (χ2v) is 6.30. The van der Waals surface area contributed by atoms with Gasteiger partial charge in [-0.2, -0.15) is 0 Å². The van der Waals surface area contributed by atoms with Crippen LogP contribution in [0.3, 0.4) is 0 Å². The standard InChI is InChI=1S/C14H30N2O/c1-5-7-13(3,10-15-6-2)11-16-9-8-14(4,17)12-16/h15,17H,5-12H2,1-4H3. The smallest absolute Gasteiger partial charge is 0.0758 e. The predicted molar refractivity (Wildman–Crippen MR) is 73.2 cm³/mol. The van der Waals surface area contributed by atoms with Gasteiger partial charge in [-0.25, -0.2) is 0 Å². The third-order valence-corrected chi connectivity index (χ3v) is 3.79. The van der Waals surface area contributed by atoms with Gasteiger partial charge >= 0.3 is 0 Å². The molecule has 2 atom stereocenters. The maximum absolute atomic E-state index is 10.0. The van der Waals surface area contributed by atoms with Gasteiger partial charge in [0, 0.05) is 26.2 Å². The molecule has 1 rings (SSSR count). The van der Waals surface area contributed by atoms with Crippen molar-refractivity contribution in [1.29, 1.82) is 0 Å². The molecule has 3 heteroatoms. The first-order valence-corrected chi connectivity index (χ1v) is 7.06. The molecular weight excluding hydrogens is 212 g/mol. The molecule has 1 aliphatic heterocycles. The minimum atomic E-state index is -0.467. The van der Waals surface area contributed by atoms with E-state index >= 15 is 0 Å². The number of hydrogen-bond donors (Lipinski definition) is 2. The van der Waals surface area contributed by atoms with Crippen LogP contribution in [0.1, 0.15) is 47.0 Å². The summed E-state index contributed by atoms with van der Waals surface area (Å²) in [6.07, 6.45) is 3.39. The van der Waals surface area contributed by atoms with E-state index in [9.17, 15) is 5.11 Å². The Labute approximate surface area is 107 Å². The van der Waals surface area contributed by atoms with Crippen LogP contribution in [-0.2, 0) is 0 Å². The Bertz CT molecular complexity index is 230. The molecule has 1 heterocycles. The molecule has 17 heavy (non-hydrogen) atoms. The molecule has 0 aromatic heterocycles. The third kappa shape index (κ3) is 4.94. The molecule has 0 amide bonds. The molecule has 0 radical (unpaired) electrons. The van der Waals surface area contributed by atoms with Crippen molar-refractivity contribution >= 4 is 0 Å². The lowest BCUT2D eigenvalue weighted by Gasteiger charge is -2.34. The molecular formula is C14H30N2O. The fraction of sp³-hybridized carbons (Fsp3) is 1.00. The van der Waals surface area contributed by atoms with E-state index in [1.165, 1.54) is 12.8 Å². The van der Waals surface area contributed by atoms with Crippen LogP contribution in [0.4, 0.5) is 0 Å². The van der Waals surface area contributed by atoms with Crippen LogP contribution >= 0.6 is 0 Å². The van der Waals surface area contributed by atoms with Crippen LogP contribution in [0, 0.1) is 5.41 Å². The Balaban J connectivity index is 2.48. The van der Waals surface area contributed by atoms with Crippen LogP contribution in [-0.4, -0.2) is 48.3 Å². The summed E-state index contributed by atoms with van der Waals surface area (Å²) in [5.74, 6) is 0. The van der Waals surface area contributed by atoms with Crippen LogP contribution < -0.4 is 5.32 Å². The van der Waals surface area contributed by atoms with E-state index in [1.807, 2.05) is 6.92 Å². The lowest BCUT2D eigenvalue weighted by atomic mass is 9.85. The van der Waals surface area contributed by atoms with Crippen LogP contribution in [0.15, 0.2) is 0 Å². The van der Waals surface area contributed by atoms with Crippen LogP contribution in [0.2, 0.25) is 0 Å². The summed E-state index contributed by atoms with van der Waals surface area (Å²) in [6, 6.07) is 0. The summed E-state index contributed by atoms with van der Waals surface area (Å²) in [7, 11) is 0. The first-order valence-electron chi connectivity index (χ1n) is 7.06. The van der Waals surface area contributed by atoms with Crippen molar-refractivity contribution in [1.82, 2.24) is 10.2 Å². The highest BCUT2D eigenvalue weighted by molar-refractivity contribution is 4.90. The molecule has 2 N–H and O–H groups in total. The average Bonchev–Trinajstić information content (AvgIpc) is 2.55. The largest absolute Gasteiger partial charge is 0.389 e. The van der Waals surface area contributed by atoms with Gasteiger partial charge in [0.15, 0.2) is 0 Å². The summed E-state index contributed by atoms with van der Waals surface area (Å²) in [5.41, 5.74) is -0.128. The van der Waals surface area contributed by atoms with Gasteiger partial charge in [0.25, 0.3) is 0 Å². The van der Waals surface area contributed by atoms with Crippen molar-refractivity contribution in [3.05, 3.63) is 0 Å². The van der Waals surface area contributed by atoms with Gasteiger partial charge in [-0.15, -0.1) is 0 Å². The summed E-state index contributed by atoms with van der Waals surface area (Å²) >= 11 is 0. The van der Waals surface area contributed by atoms with Gasteiger partial charge in [-0.3, -0.25) is 4.90 Å². The fourth-order valence-corrected chi connectivity index (χ4v) is 2.97. The third-order valence-electron chi connectivity index (χ3n) is 3.79. The highest BCUT2D eigenvalue weighted by atomic mass is 16.3. The Morgan fingerprint density at radius 2 is 2.12 bits per heavy atom. The zero-order chi connectivity index (χ0) is 12.9. The molecule has 0 bridgehead atoms. The SMILES string of the molecule is CCCC(C)(CNCC)CN1CCC(C)(O)C1. The Morgan fingerprint density at radius 1 is 1.41 bits per heavy atom. The van der Waals surface area contributed by atoms with Crippen LogP contribution in [0.5, 0.6) is 0 Å². The quantitative estimate of drug-likeness (QED) is 0.715. The van der Waals surface area contributed by atoms with Gasteiger partial charge in [-0.05, 0) is 31.7 Å². The average molecular weight is 242 g/mol. The molecule has 1 saturated heterocycles. The number of likely N-dealkylation sites (tertiary alicyclic amines) is 1. The van der Waals surface area contributed by atoms with E-state index in [0.29, 0.717) is 5.41 Å². The Morgan fingerprint density at radius 3 is 2.59 bits per heavy atom. The molecule has 1 fully saturated rings. The molecule has 0 aromatic rings. The molecule has 1 aliphatic rings. The maximum atomic E-state index is 10.0. The second kappa shape index (κ2) is 6.17. The number of nitrogens with one attached hydrogen (secondary N) is 1. The molecule has 102 valence electrons. The Hall–Kier alpha value is -0.120. The highest BCUT2D eigenvalue weighted by Crippen LogP contribution is 2.28. The molecule has 3 nitrogen and oxygen atoms in total. The topological polar surface area (TPSA) is 35.5 Å². The van der Waals surface area contributed by atoms with Crippen molar-refractivity contribution in [3.8, 4) is 0 Å². The van der Waals surface area contributed by atoms with Crippen molar-refractivity contribution in [2.45, 2.75) is 52.6 Å². The van der Waals surface area contributed by atoms with Crippen molar-refractivity contribution in [2.75, 3.05) is 32.7 Å². The zero-order valence-electron chi connectivity index (χ0n) is 12.1. The normalized spacial score (nSPS) is 29.5. The van der Waals surface area contributed by atoms with Crippen molar-refractivity contribution in [3.63, 3.8) is 0 Å². The number of hydrogen-bond acceptors (Lipinski definition) is 3. The van der Waals surface area contributed by atoms with Gasteiger partial charge in [-0.1, -0.05) is 27.2 Å². The van der Waals surface area contributed by atoms with Gasteiger partial charge in [0.2, 0.25) is 0 Å². The second-order valence-electron chi connectivity index (χ2n) is 6.30. The predicted octanol–water partition coefficient (Wildman–Crippen LogP) is 1.86. The van der Waals surface area contributed by atoms with E-state index in [4.69, 9.17) is 0 Å². The minimum Gasteiger partial charge on any atom is -0.389 e. The lowest BCUT2D eigenvalue weighted by molar-refractivity contribution is 0.0610. The molecule has 0 saturated carbocycles. The molecule has 0 spiro atoms. The first-order chi connectivity index (χ1) is 7.91.